The van der Waals surface area contributed by atoms with Crippen molar-refractivity contribution >= 4 is 0 Å². The van der Waals surface area contributed by atoms with E-state index in [0.717, 1.165) is 32.7 Å². The third-order valence-electron chi connectivity index (χ3n) is 1.67. The van der Waals surface area contributed by atoms with Crippen LogP contribution >= 0.6 is 0 Å². The first-order valence-electron chi connectivity index (χ1n) is 3.82. The molecule has 0 unspecified atom stereocenters. The van der Waals surface area contributed by atoms with Gasteiger partial charge in [0.1, 0.15) is 6.54 Å². The highest BCUT2D eigenvalue weighted by Crippen LogP contribution is 1.78. The summed E-state index contributed by atoms with van der Waals surface area (Å²) in [4.78, 5) is 0. The Bertz CT molecular complexity index is 87.9. The van der Waals surface area contributed by atoms with Crippen LogP contribution in [0.25, 0.3) is 0 Å². The molecule has 5 heteroatoms. The Morgan fingerprint density at radius 3 is 2.55 bits per heavy atom. The van der Waals surface area contributed by atoms with Crippen LogP contribution in [0, 0.1) is 0 Å². The molecule has 0 radical (unpaired) electrons. The topological polar surface area (TPSA) is 52.1 Å². The molecular formula is C6H16IN3O. The summed E-state index contributed by atoms with van der Waals surface area (Å²) in [6.07, 6.45) is 0. The number of nitrogens with zero attached hydrogens (tertiary/aromatic N) is 1. The zero-order chi connectivity index (χ0) is 7.23. The molecule has 4 nitrogen and oxygen atoms in total. The maximum absolute atomic E-state index is 8.52. The molecule has 4 N–H and O–H groups in total. The normalized spacial score (nSPS) is 19.4. The van der Waals surface area contributed by atoms with Crippen molar-refractivity contribution in [2.24, 2.45) is 0 Å². The van der Waals surface area contributed by atoms with E-state index in [4.69, 9.17) is 5.11 Å². The molecule has 0 aromatic rings. The standard InChI is InChI=1S/C6H15N3O.HI/c10-6-3-8-9-4-1-7-2-5-9;/h7-8,10H,1-6H2;1H. The number of rotatable bonds is 3. The van der Waals surface area contributed by atoms with Crippen molar-refractivity contribution in [2.45, 2.75) is 0 Å². The van der Waals surface area contributed by atoms with Gasteiger partial charge >= 0.3 is 0 Å². The fraction of sp³-hybridized carbons (Fsp3) is 1.00. The molecule has 0 saturated carbocycles. The molecule has 0 aromatic heterocycles. The summed E-state index contributed by atoms with van der Waals surface area (Å²) in [6.45, 7) is 5.37. The van der Waals surface area contributed by atoms with Crippen LogP contribution in [0.5, 0.6) is 0 Å². The predicted octanol–water partition coefficient (Wildman–Crippen LogP) is -5.63. The average molecular weight is 273 g/mol. The maximum Gasteiger partial charge on any atom is 0.117 e. The largest absolute Gasteiger partial charge is 1.00 e. The number of aliphatic hydroxyl groups excluding tert-OH is 1. The Morgan fingerprint density at radius 2 is 2.00 bits per heavy atom. The summed E-state index contributed by atoms with van der Waals surface area (Å²) in [5, 5.41) is 14.0. The molecular weight excluding hydrogens is 257 g/mol. The van der Waals surface area contributed by atoms with E-state index in [1.54, 1.807) is 0 Å². The van der Waals surface area contributed by atoms with Gasteiger partial charge in [0.15, 0.2) is 0 Å². The summed E-state index contributed by atoms with van der Waals surface area (Å²) < 4.78 is 0. The molecule has 11 heavy (non-hydrogen) atoms. The number of aliphatic hydroxyl groups is 1. The van der Waals surface area contributed by atoms with E-state index in [1.807, 2.05) is 0 Å². The fourth-order valence-corrected chi connectivity index (χ4v) is 1.11. The Hall–Kier alpha value is 0.570. The summed E-state index contributed by atoms with van der Waals surface area (Å²) >= 11 is 0. The van der Waals surface area contributed by atoms with Crippen LogP contribution in [0.4, 0.5) is 0 Å². The van der Waals surface area contributed by atoms with Crippen LogP contribution in [-0.2, 0) is 0 Å². The number of hydrogen-bond donors (Lipinski definition) is 3. The molecule has 1 aliphatic rings. The van der Waals surface area contributed by atoms with Gasteiger partial charge in [-0.15, -0.1) is 0 Å². The molecule has 68 valence electrons. The van der Waals surface area contributed by atoms with Gasteiger partial charge in [-0.25, -0.2) is 0 Å². The number of halogens is 1. The van der Waals surface area contributed by atoms with Gasteiger partial charge in [0.2, 0.25) is 0 Å². The van der Waals surface area contributed by atoms with E-state index in [-0.39, 0.29) is 30.6 Å². The minimum absolute atomic E-state index is 0. The smallest absolute Gasteiger partial charge is 0.117 e. The first-order valence-corrected chi connectivity index (χ1v) is 3.82. The maximum atomic E-state index is 8.52. The number of nitrogens with two attached hydrogens (primary N) is 1. The number of piperazine rings is 1. The highest BCUT2D eigenvalue weighted by atomic mass is 127. The second-order valence-corrected chi connectivity index (χ2v) is 2.48. The van der Waals surface area contributed by atoms with Gasteiger partial charge in [0, 0.05) is 13.1 Å². The van der Waals surface area contributed by atoms with Crippen LogP contribution in [-0.4, -0.2) is 49.4 Å². The van der Waals surface area contributed by atoms with Crippen molar-refractivity contribution in [3.05, 3.63) is 0 Å². The van der Waals surface area contributed by atoms with E-state index in [9.17, 15) is 0 Å². The molecule has 1 heterocycles. The molecule has 1 aliphatic heterocycles. The Morgan fingerprint density at radius 1 is 1.36 bits per heavy atom. The predicted molar refractivity (Wildman–Crippen MR) is 38.3 cm³/mol. The van der Waals surface area contributed by atoms with Crippen molar-refractivity contribution in [3.63, 3.8) is 0 Å². The van der Waals surface area contributed by atoms with Gasteiger partial charge in [-0.05, 0) is 0 Å². The molecule has 1 rings (SSSR count). The number of hydrogen-bond acceptors (Lipinski definition) is 3. The quantitative estimate of drug-likeness (QED) is 0.355. The average Bonchev–Trinajstić information content (AvgIpc) is 2.03. The summed E-state index contributed by atoms with van der Waals surface area (Å²) in [6, 6.07) is 0. The van der Waals surface area contributed by atoms with Crippen LogP contribution in [0.1, 0.15) is 0 Å². The second kappa shape index (κ2) is 7.23. The number of quaternary nitrogens is 1. The highest BCUT2D eigenvalue weighted by molar-refractivity contribution is 4.58. The lowest BCUT2D eigenvalue weighted by Gasteiger charge is -2.23. The van der Waals surface area contributed by atoms with Gasteiger partial charge < -0.3 is 34.4 Å². The van der Waals surface area contributed by atoms with Crippen LogP contribution in [0.3, 0.4) is 0 Å². The second-order valence-electron chi connectivity index (χ2n) is 2.48. The molecule has 0 amide bonds. The van der Waals surface area contributed by atoms with Gasteiger partial charge in [0.05, 0.1) is 19.7 Å². The lowest BCUT2D eigenvalue weighted by Crippen LogP contribution is -3.00. The van der Waals surface area contributed by atoms with Gasteiger partial charge in [-0.3, -0.25) is 5.43 Å². The zero-order valence-electron chi connectivity index (χ0n) is 6.59. The van der Waals surface area contributed by atoms with Crippen LogP contribution < -0.4 is 34.7 Å². The highest BCUT2D eigenvalue weighted by Gasteiger charge is 2.10. The summed E-state index contributed by atoms with van der Waals surface area (Å²) in [5.41, 5.74) is 2.08. The Labute approximate surface area is 84.3 Å². The van der Waals surface area contributed by atoms with Crippen molar-refractivity contribution in [1.82, 2.24) is 10.3 Å². The molecule has 1 fully saturated rings. The molecule has 0 atom stereocenters. The van der Waals surface area contributed by atoms with E-state index in [1.165, 1.54) is 0 Å². The van der Waals surface area contributed by atoms with Crippen LogP contribution in [0.15, 0.2) is 0 Å². The molecule has 0 aromatic carbocycles. The summed E-state index contributed by atoms with van der Waals surface area (Å²) in [5.74, 6) is 0. The zero-order valence-corrected chi connectivity index (χ0v) is 8.75. The van der Waals surface area contributed by atoms with E-state index < -0.39 is 0 Å². The third kappa shape index (κ3) is 4.91. The number of nitrogens with one attached hydrogen (secondary N) is 1. The molecule has 0 aliphatic carbocycles. The van der Waals surface area contributed by atoms with Crippen molar-refractivity contribution in [1.29, 1.82) is 0 Å². The van der Waals surface area contributed by atoms with E-state index >= 15 is 0 Å². The SMILES string of the molecule is OCC[NH2+]N1CCNCC1.[I-]. The van der Waals surface area contributed by atoms with Crippen molar-refractivity contribution in [2.75, 3.05) is 39.3 Å². The Balaban J connectivity index is 0.000001000. The van der Waals surface area contributed by atoms with Gasteiger partial charge in [-0.2, -0.15) is 5.01 Å². The lowest BCUT2D eigenvalue weighted by atomic mass is 10.4. The van der Waals surface area contributed by atoms with Gasteiger partial charge in [0.25, 0.3) is 0 Å². The molecule has 1 saturated heterocycles. The molecule has 0 spiro atoms. The minimum Gasteiger partial charge on any atom is -1.00 e. The monoisotopic (exact) mass is 273 g/mol. The first-order chi connectivity index (χ1) is 4.93. The first kappa shape index (κ1) is 11.6. The lowest BCUT2D eigenvalue weighted by molar-refractivity contribution is -0.805. The van der Waals surface area contributed by atoms with Crippen molar-refractivity contribution < 1.29 is 34.5 Å². The van der Waals surface area contributed by atoms with Crippen molar-refractivity contribution in [3.8, 4) is 0 Å². The van der Waals surface area contributed by atoms with Gasteiger partial charge in [-0.1, -0.05) is 0 Å². The van der Waals surface area contributed by atoms with E-state index in [2.05, 4.69) is 15.8 Å². The minimum atomic E-state index is 0. The fourth-order valence-electron chi connectivity index (χ4n) is 1.11. The van der Waals surface area contributed by atoms with E-state index in [0.29, 0.717) is 0 Å². The van der Waals surface area contributed by atoms with Crippen LogP contribution in [0.2, 0.25) is 0 Å². The third-order valence-corrected chi connectivity index (χ3v) is 1.67. The summed E-state index contributed by atoms with van der Waals surface area (Å²) in [7, 11) is 0. The molecule has 0 bridgehead atoms. The Kier molecular flexibility index (Phi) is 7.61.